The molecule has 0 bridgehead atoms. The maximum Gasteiger partial charge on any atom is 0.254 e. The standard InChI is InChI=1S/C21H20F2N2O3/c1-13(19-11-14-5-3-4-6-18(14)28-19)25(2)20(26)9-10-24-21(27)16-8-7-15(22)12-17(16)23/h3-8,11-13H,9-10H2,1-2H3,(H,24,27). The predicted octanol–water partition coefficient (Wildman–Crippen LogP) is 4.05. The Balaban J connectivity index is 1.55. The van der Waals surface area contributed by atoms with Gasteiger partial charge in [-0.1, -0.05) is 18.2 Å². The third-order valence-electron chi connectivity index (χ3n) is 4.63. The number of para-hydroxylation sites is 1. The smallest absolute Gasteiger partial charge is 0.254 e. The van der Waals surface area contributed by atoms with Gasteiger partial charge < -0.3 is 14.6 Å². The largest absolute Gasteiger partial charge is 0.459 e. The van der Waals surface area contributed by atoms with Crippen LogP contribution in [0.3, 0.4) is 0 Å². The molecule has 7 heteroatoms. The van der Waals surface area contributed by atoms with Crippen LogP contribution in [0.25, 0.3) is 11.0 Å². The van der Waals surface area contributed by atoms with Gasteiger partial charge in [0.15, 0.2) is 0 Å². The molecular weight excluding hydrogens is 366 g/mol. The van der Waals surface area contributed by atoms with Crippen molar-refractivity contribution in [3.63, 3.8) is 0 Å². The third-order valence-corrected chi connectivity index (χ3v) is 4.63. The number of nitrogens with one attached hydrogen (secondary N) is 1. The minimum atomic E-state index is -0.945. The number of amides is 2. The van der Waals surface area contributed by atoms with Crippen molar-refractivity contribution in [2.45, 2.75) is 19.4 Å². The number of carbonyl (C=O) groups excluding carboxylic acids is 2. The monoisotopic (exact) mass is 386 g/mol. The highest BCUT2D eigenvalue weighted by molar-refractivity contribution is 5.94. The summed E-state index contributed by atoms with van der Waals surface area (Å²) in [6.07, 6.45) is 0.0373. The van der Waals surface area contributed by atoms with E-state index in [2.05, 4.69) is 5.32 Å². The summed E-state index contributed by atoms with van der Waals surface area (Å²) in [6, 6.07) is 11.9. The lowest BCUT2D eigenvalue weighted by Gasteiger charge is -2.23. The summed E-state index contributed by atoms with van der Waals surface area (Å²) in [5, 5.41) is 3.43. The minimum Gasteiger partial charge on any atom is -0.459 e. The van der Waals surface area contributed by atoms with Crippen molar-refractivity contribution in [2.75, 3.05) is 13.6 Å². The molecule has 1 N–H and O–H groups in total. The van der Waals surface area contributed by atoms with Gasteiger partial charge in [0.1, 0.15) is 23.0 Å². The van der Waals surface area contributed by atoms with Crippen molar-refractivity contribution < 1.29 is 22.8 Å². The summed E-state index contributed by atoms with van der Waals surface area (Å²) in [5.41, 5.74) is 0.483. The van der Waals surface area contributed by atoms with Gasteiger partial charge in [0.25, 0.3) is 5.91 Å². The molecule has 0 aliphatic carbocycles. The van der Waals surface area contributed by atoms with Gasteiger partial charge in [0.05, 0.1) is 11.6 Å². The minimum absolute atomic E-state index is 0.0334. The molecule has 1 atom stereocenters. The lowest BCUT2D eigenvalue weighted by atomic mass is 10.2. The molecule has 0 spiro atoms. The van der Waals surface area contributed by atoms with Crippen LogP contribution in [0.2, 0.25) is 0 Å². The Bertz CT molecular complexity index is 983. The molecule has 3 rings (SSSR count). The summed E-state index contributed by atoms with van der Waals surface area (Å²) < 4.78 is 32.3. The van der Waals surface area contributed by atoms with Crippen LogP contribution in [0.5, 0.6) is 0 Å². The fraction of sp³-hybridized carbons (Fsp3) is 0.238. The Morgan fingerprint density at radius 2 is 1.89 bits per heavy atom. The van der Waals surface area contributed by atoms with Gasteiger partial charge >= 0.3 is 0 Å². The van der Waals surface area contributed by atoms with Crippen LogP contribution in [-0.4, -0.2) is 30.3 Å². The van der Waals surface area contributed by atoms with Gasteiger partial charge in [-0.25, -0.2) is 8.78 Å². The molecule has 0 fully saturated rings. The van der Waals surface area contributed by atoms with Crippen molar-refractivity contribution >= 4 is 22.8 Å². The van der Waals surface area contributed by atoms with Crippen molar-refractivity contribution in [1.82, 2.24) is 10.2 Å². The second-order valence-electron chi connectivity index (χ2n) is 6.50. The number of fused-ring (bicyclic) bond motifs is 1. The van der Waals surface area contributed by atoms with Crippen LogP contribution in [0.4, 0.5) is 8.78 Å². The summed E-state index contributed by atoms with van der Waals surface area (Å²) in [7, 11) is 1.65. The first-order valence-corrected chi connectivity index (χ1v) is 8.84. The summed E-state index contributed by atoms with van der Waals surface area (Å²) in [6.45, 7) is 1.88. The molecule has 0 aliphatic heterocycles. The molecule has 5 nitrogen and oxygen atoms in total. The molecule has 0 aliphatic rings. The summed E-state index contributed by atoms with van der Waals surface area (Å²) in [5.74, 6) is -1.94. The Kier molecular flexibility index (Phi) is 5.73. The van der Waals surface area contributed by atoms with Gasteiger partial charge in [-0.2, -0.15) is 0 Å². The molecule has 0 radical (unpaired) electrons. The van der Waals surface area contributed by atoms with E-state index in [1.807, 2.05) is 37.3 Å². The van der Waals surface area contributed by atoms with E-state index in [0.717, 1.165) is 23.1 Å². The second-order valence-corrected chi connectivity index (χ2v) is 6.50. The molecule has 1 unspecified atom stereocenters. The van der Waals surface area contributed by atoms with E-state index < -0.39 is 17.5 Å². The first-order chi connectivity index (χ1) is 13.4. The molecule has 0 saturated carbocycles. The van der Waals surface area contributed by atoms with E-state index in [9.17, 15) is 18.4 Å². The van der Waals surface area contributed by atoms with E-state index >= 15 is 0 Å². The quantitative estimate of drug-likeness (QED) is 0.695. The number of benzene rings is 2. The Labute approximate surface area is 160 Å². The molecule has 28 heavy (non-hydrogen) atoms. The lowest BCUT2D eigenvalue weighted by molar-refractivity contribution is -0.131. The fourth-order valence-corrected chi connectivity index (χ4v) is 2.84. The Morgan fingerprint density at radius 3 is 2.61 bits per heavy atom. The third kappa shape index (κ3) is 4.19. The predicted molar refractivity (Wildman–Crippen MR) is 101 cm³/mol. The topological polar surface area (TPSA) is 62.6 Å². The molecule has 0 saturated heterocycles. The van der Waals surface area contributed by atoms with Crippen LogP contribution in [0.15, 0.2) is 52.9 Å². The number of rotatable bonds is 6. The van der Waals surface area contributed by atoms with E-state index in [4.69, 9.17) is 4.42 Å². The highest BCUT2D eigenvalue weighted by Gasteiger charge is 2.21. The summed E-state index contributed by atoms with van der Waals surface area (Å²) >= 11 is 0. The van der Waals surface area contributed by atoms with E-state index in [1.54, 1.807) is 7.05 Å². The number of hydrogen-bond acceptors (Lipinski definition) is 3. The zero-order valence-corrected chi connectivity index (χ0v) is 15.5. The van der Waals surface area contributed by atoms with Gasteiger partial charge in [-0.3, -0.25) is 9.59 Å². The van der Waals surface area contributed by atoms with Crippen molar-refractivity contribution in [3.8, 4) is 0 Å². The average Bonchev–Trinajstić information content (AvgIpc) is 3.10. The second kappa shape index (κ2) is 8.21. The highest BCUT2D eigenvalue weighted by Crippen LogP contribution is 2.26. The highest BCUT2D eigenvalue weighted by atomic mass is 19.1. The van der Waals surface area contributed by atoms with E-state index in [0.29, 0.717) is 11.8 Å². The fourth-order valence-electron chi connectivity index (χ4n) is 2.84. The van der Waals surface area contributed by atoms with Gasteiger partial charge in [0, 0.05) is 31.5 Å². The number of furan rings is 1. The van der Waals surface area contributed by atoms with E-state index in [-0.39, 0.29) is 30.5 Å². The Morgan fingerprint density at radius 1 is 1.14 bits per heavy atom. The molecule has 2 aromatic carbocycles. The maximum atomic E-state index is 13.6. The SMILES string of the molecule is CC(c1cc2ccccc2o1)N(C)C(=O)CCNC(=O)c1ccc(F)cc1F. The molecule has 146 valence electrons. The van der Waals surface area contributed by atoms with Crippen molar-refractivity contribution in [3.05, 3.63) is 71.5 Å². The number of nitrogens with zero attached hydrogens (tertiary/aromatic N) is 1. The van der Waals surface area contributed by atoms with Crippen molar-refractivity contribution in [2.24, 2.45) is 0 Å². The summed E-state index contributed by atoms with van der Waals surface area (Å²) in [4.78, 5) is 25.9. The number of carbonyl (C=O) groups is 2. The van der Waals surface area contributed by atoms with Crippen LogP contribution in [0, 0.1) is 11.6 Å². The molecular formula is C21H20F2N2O3. The first-order valence-electron chi connectivity index (χ1n) is 8.84. The number of hydrogen-bond donors (Lipinski definition) is 1. The Hall–Kier alpha value is -3.22. The van der Waals surface area contributed by atoms with Crippen molar-refractivity contribution in [1.29, 1.82) is 0 Å². The molecule has 1 aromatic heterocycles. The maximum absolute atomic E-state index is 13.6. The van der Waals surface area contributed by atoms with Crippen LogP contribution in [-0.2, 0) is 4.79 Å². The van der Waals surface area contributed by atoms with Crippen LogP contribution >= 0.6 is 0 Å². The van der Waals surface area contributed by atoms with Gasteiger partial charge in [-0.05, 0) is 31.2 Å². The lowest BCUT2D eigenvalue weighted by Crippen LogP contribution is -2.33. The van der Waals surface area contributed by atoms with Crippen LogP contribution < -0.4 is 5.32 Å². The first kappa shape index (κ1) is 19.5. The normalized spacial score (nSPS) is 12.0. The molecule has 1 heterocycles. The van der Waals surface area contributed by atoms with E-state index in [1.165, 1.54) is 4.90 Å². The van der Waals surface area contributed by atoms with Gasteiger partial charge in [0.2, 0.25) is 5.91 Å². The van der Waals surface area contributed by atoms with Crippen LogP contribution in [0.1, 0.15) is 35.5 Å². The average molecular weight is 386 g/mol. The van der Waals surface area contributed by atoms with Gasteiger partial charge in [-0.15, -0.1) is 0 Å². The zero-order valence-electron chi connectivity index (χ0n) is 15.5. The number of halogens is 2. The molecule has 2 amide bonds. The molecule has 3 aromatic rings. The zero-order chi connectivity index (χ0) is 20.3.